The first-order valence-electron chi connectivity index (χ1n) is 5.58. The molecule has 15 heavy (non-hydrogen) atoms. The smallest absolute Gasteiger partial charge is 0.0477 e. The summed E-state index contributed by atoms with van der Waals surface area (Å²) in [6.07, 6.45) is 2.95. The second-order valence-corrected chi connectivity index (χ2v) is 3.92. The summed E-state index contributed by atoms with van der Waals surface area (Å²) in [5.41, 5.74) is 8.68. The number of hydrogen-bond acceptors (Lipinski definition) is 2. The van der Waals surface area contributed by atoms with E-state index < -0.39 is 0 Å². The topological polar surface area (TPSA) is 35.2 Å². The fourth-order valence-electron chi connectivity index (χ4n) is 1.59. The summed E-state index contributed by atoms with van der Waals surface area (Å²) in [6.45, 7) is 2.91. The number of benzene rings is 1. The largest absolute Gasteiger partial charge is 0.385 e. The molecular formula is C13H21NO. The van der Waals surface area contributed by atoms with Gasteiger partial charge in [-0.15, -0.1) is 0 Å². The summed E-state index contributed by atoms with van der Waals surface area (Å²) in [6, 6.07) is 8.91. The molecule has 2 nitrogen and oxygen atoms in total. The quantitative estimate of drug-likeness (QED) is 0.775. The summed E-state index contributed by atoms with van der Waals surface area (Å²) in [5, 5.41) is 0. The Kier molecular flexibility index (Phi) is 5.37. The highest BCUT2D eigenvalue weighted by Gasteiger charge is 2.03. The van der Waals surface area contributed by atoms with Crippen molar-refractivity contribution in [1.29, 1.82) is 0 Å². The van der Waals surface area contributed by atoms with Crippen LogP contribution >= 0.6 is 0 Å². The summed E-state index contributed by atoms with van der Waals surface area (Å²) >= 11 is 0. The molecular weight excluding hydrogens is 186 g/mol. The monoisotopic (exact) mass is 207 g/mol. The molecule has 0 radical (unpaired) electrons. The SMILES string of the molecule is CCc1ccc(CC(N)CCOC)cc1. The molecule has 0 aliphatic heterocycles. The average molecular weight is 207 g/mol. The van der Waals surface area contributed by atoms with Crippen LogP contribution in [0.2, 0.25) is 0 Å². The number of hydrogen-bond donors (Lipinski definition) is 1. The van der Waals surface area contributed by atoms with E-state index in [0.717, 1.165) is 25.9 Å². The first kappa shape index (κ1) is 12.2. The van der Waals surface area contributed by atoms with Gasteiger partial charge in [-0.1, -0.05) is 31.2 Å². The Hall–Kier alpha value is -0.860. The van der Waals surface area contributed by atoms with E-state index in [-0.39, 0.29) is 6.04 Å². The number of rotatable bonds is 6. The highest BCUT2D eigenvalue weighted by molar-refractivity contribution is 5.23. The third-order valence-electron chi connectivity index (χ3n) is 2.62. The van der Waals surface area contributed by atoms with E-state index in [2.05, 4.69) is 31.2 Å². The van der Waals surface area contributed by atoms with E-state index in [1.165, 1.54) is 11.1 Å². The standard InChI is InChI=1S/C13H21NO/c1-3-11-4-6-12(7-5-11)10-13(14)8-9-15-2/h4-7,13H,3,8-10,14H2,1-2H3. The zero-order valence-electron chi connectivity index (χ0n) is 9.70. The molecule has 0 heterocycles. The number of ether oxygens (including phenoxy) is 1. The van der Waals surface area contributed by atoms with Crippen LogP contribution in [0.1, 0.15) is 24.5 Å². The Morgan fingerprint density at radius 1 is 1.20 bits per heavy atom. The Bertz CT molecular complexity index is 268. The Balaban J connectivity index is 2.42. The van der Waals surface area contributed by atoms with Gasteiger partial charge in [-0.3, -0.25) is 0 Å². The molecule has 1 aromatic rings. The van der Waals surface area contributed by atoms with Gasteiger partial charge in [-0.2, -0.15) is 0 Å². The van der Waals surface area contributed by atoms with E-state index >= 15 is 0 Å². The van der Waals surface area contributed by atoms with Crippen LogP contribution in [-0.4, -0.2) is 19.8 Å². The summed E-state index contributed by atoms with van der Waals surface area (Å²) in [5.74, 6) is 0. The number of methoxy groups -OCH3 is 1. The minimum atomic E-state index is 0.206. The van der Waals surface area contributed by atoms with Crippen molar-refractivity contribution in [2.24, 2.45) is 5.73 Å². The third kappa shape index (κ3) is 4.45. The maximum Gasteiger partial charge on any atom is 0.0477 e. The third-order valence-corrected chi connectivity index (χ3v) is 2.62. The molecule has 0 saturated heterocycles. The fourth-order valence-corrected chi connectivity index (χ4v) is 1.59. The molecule has 0 amide bonds. The van der Waals surface area contributed by atoms with Crippen LogP contribution in [0.4, 0.5) is 0 Å². The van der Waals surface area contributed by atoms with Crippen LogP contribution in [-0.2, 0) is 17.6 Å². The molecule has 1 unspecified atom stereocenters. The number of nitrogens with two attached hydrogens (primary N) is 1. The molecule has 0 aliphatic carbocycles. The molecule has 2 heteroatoms. The minimum absolute atomic E-state index is 0.206. The predicted molar refractivity (Wildman–Crippen MR) is 64.0 cm³/mol. The maximum absolute atomic E-state index is 5.98. The van der Waals surface area contributed by atoms with Crippen LogP contribution in [0, 0.1) is 0 Å². The molecule has 1 aromatic carbocycles. The van der Waals surface area contributed by atoms with Gasteiger partial charge in [0.2, 0.25) is 0 Å². The van der Waals surface area contributed by atoms with Crippen molar-refractivity contribution in [2.45, 2.75) is 32.2 Å². The van der Waals surface area contributed by atoms with Crippen LogP contribution in [0.15, 0.2) is 24.3 Å². The molecule has 0 bridgehead atoms. The molecule has 1 atom stereocenters. The molecule has 0 fully saturated rings. The molecule has 0 saturated carbocycles. The van der Waals surface area contributed by atoms with Gasteiger partial charge in [-0.05, 0) is 30.4 Å². The van der Waals surface area contributed by atoms with Gasteiger partial charge in [0, 0.05) is 19.8 Å². The van der Waals surface area contributed by atoms with Crippen LogP contribution < -0.4 is 5.73 Å². The van der Waals surface area contributed by atoms with Gasteiger partial charge in [0.05, 0.1) is 0 Å². The van der Waals surface area contributed by atoms with Crippen LogP contribution in [0.25, 0.3) is 0 Å². The highest BCUT2D eigenvalue weighted by atomic mass is 16.5. The van der Waals surface area contributed by atoms with E-state index in [0.29, 0.717) is 0 Å². The van der Waals surface area contributed by atoms with E-state index in [1.54, 1.807) is 7.11 Å². The fraction of sp³-hybridized carbons (Fsp3) is 0.538. The van der Waals surface area contributed by atoms with Gasteiger partial charge in [0.1, 0.15) is 0 Å². The van der Waals surface area contributed by atoms with Gasteiger partial charge < -0.3 is 10.5 Å². The Morgan fingerprint density at radius 3 is 2.33 bits per heavy atom. The van der Waals surface area contributed by atoms with Gasteiger partial charge in [0.15, 0.2) is 0 Å². The second-order valence-electron chi connectivity index (χ2n) is 3.92. The van der Waals surface area contributed by atoms with Crippen LogP contribution in [0.3, 0.4) is 0 Å². The summed E-state index contributed by atoms with van der Waals surface area (Å²) in [7, 11) is 1.71. The van der Waals surface area contributed by atoms with Crippen molar-refractivity contribution in [3.8, 4) is 0 Å². The first-order valence-corrected chi connectivity index (χ1v) is 5.58. The average Bonchev–Trinajstić information content (AvgIpc) is 2.27. The highest BCUT2D eigenvalue weighted by Crippen LogP contribution is 2.08. The lowest BCUT2D eigenvalue weighted by Crippen LogP contribution is -2.24. The zero-order chi connectivity index (χ0) is 11.1. The Labute approximate surface area is 92.4 Å². The molecule has 0 spiro atoms. The van der Waals surface area contributed by atoms with Gasteiger partial charge >= 0.3 is 0 Å². The normalized spacial score (nSPS) is 12.7. The second kappa shape index (κ2) is 6.59. The number of aryl methyl sites for hydroxylation is 1. The van der Waals surface area contributed by atoms with Crippen molar-refractivity contribution in [3.63, 3.8) is 0 Å². The van der Waals surface area contributed by atoms with Crippen molar-refractivity contribution >= 4 is 0 Å². The molecule has 0 aromatic heterocycles. The minimum Gasteiger partial charge on any atom is -0.385 e. The van der Waals surface area contributed by atoms with E-state index in [4.69, 9.17) is 10.5 Å². The zero-order valence-corrected chi connectivity index (χ0v) is 9.70. The molecule has 1 rings (SSSR count). The van der Waals surface area contributed by atoms with E-state index in [1.807, 2.05) is 0 Å². The molecule has 84 valence electrons. The summed E-state index contributed by atoms with van der Waals surface area (Å²) in [4.78, 5) is 0. The van der Waals surface area contributed by atoms with Gasteiger partial charge in [0.25, 0.3) is 0 Å². The lowest BCUT2D eigenvalue weighted by molar-refractivity contribution is 0.188. The maximum atomic E-state index is 5.98. The predicted octanol–water partition coefficient (Wildman–Crippen LogP) is 2.16. The first-order chi connectivity index (χ1) is 7.26. The van der Waals surface area contributed by atoms with E-state index in [9.17, 15) is 0 Å². The van der Waals surface area contributed by atoms with Crippen molar-refractivity contribution in [2.75, 3.05) is 13.7 Å². The molecule has 2 N–H and O–H groups in total. The van der Waals surface area contributed by atoms with Gasteiger partial charge in [-0.25, -0.2) is 0 Å². The van der Waals surface area contributed by atoms with Crippen molar-refractivity contribution in [3.05, 3.63) is 35.4 Å². The summed E-state index contributed by atoms with van der Waals surface area (Å²) < 4.78 is 5.01. The lowest BCUT2D eigenvalue weighted by atomic mass is 10.0. The van der Waals surface area contributed by atoms with Crippen molar-refractivity contribution in [1.82, 2.24) is 0 Å². The Morgan fingerprint density at radius 2 is 1.80 bits per heavy atom. The van der Waals surface area contributed by atoms with Crippen molar-refractivity contribution < 1.29 is 4.74 Å². The molecule has 0 aliphatic rings. The van der Waals surface area contributed by atoms with Crippen LogP contribution in [0.5, 0.6) is 0 Å². The lowest BCUT2D eigenvalue weighted by Gasteiger charge is -2.11.